The van der Waals surface area contributed by atoms with Crippen molar-refractivity contribution < 1.29 is 37.4 Å². The SMILES string of the molecule is CC(C)[C@H](Oc1ccc(CNC(=O)[C@H]2SCCN2C(=O)C[C@H](N)Cc2cc(F)c(F)cc2F)cc1)C(=O)O. The van der Waals surface area contributed by atoms with E-state index in [1.165, 1.54) is 16.7 Å². The van der Waals surface area contributed by atoms with Gasteiger partial charge in [-0.15, -0.1) is 11.8 Å². The number of ether oxygens (including phenoxy) is 1. The third-order valence-electron chi connectivity index (χ3n) is 5.95. The zero-order chi connectivity index (χ0) is 28.0. The molecule has 38 heavy (non-hydrogen) atoms. The van der Waals surface area contributed by atoms with E-state index in [2.05, 4.69) is 5.32 Å². The first-order valence-corrected chi connectivity index (χ1v) is 13.1. The number of nitrogens with two attached hydrogens (primary N) is 1. The van der Waals surface area contributed by atoms with Gasteiger partial charge in [-0.1, -0.05) is 26.0 Å². The molecule has 0 aliphatic carbocycles. The van der Waals surface area contributed by atoms with Crippen LogP contribution in [0.15, 0.2) is 36.4 Å². The van der Waals surface area contributed by atoms with Crippen molar-refractivity contribution in [2.75, 3.05) is 12.3 Å². The normalized spacial score (nSPS) is 16.8. The Morgan fingerprint density at radius 1 is 1.13 bits per heavy atom. The Balaban J connectivity index is 1.52. The zero-order valence-corrected chi connectivity index (χ0v) is 21.8. The van der Waals surface area contributed by atoms with E-state index in [0.717, 1.165) is 11.6 Å². The van der Waals surface area contributed by atoms with Crippen LogP contribution in [0.5, 0.6) is 5.75 Å². The Labute approximate surface area is 222 Å². The van der Waals surface area contributed by atoms with Crippen molar-refractivity contribution >= 4 is 29.5 Å². The van der Waals surface area contributed by atoms with Gasteiger partial charge in [-0.2, -0.15) is 0 Å². The van der Waals surface area contributed by atoms with Crippen LogP contribution in [0, 0.1) is 23.4 Å². The predicted octanol–water partition coefficient (Wildman–Crippen LogP) is 3.07. The topological polar surface area (TPSA) is 122 Å². The molecule has 4 N–H and O–H groups in total. The van der Waals surface area contributed by atoms with Crippen molar-refractivity contribution in [1.29, 1.82) is 0 Å². The number of nitrogens with one attached hydrogen (secondary N) is 1. The molecule has 0 aromatic heterocycles. The number of carboxylic acids is 1. The molecular weight excluding hydrogens is 523 g/mol. The summed E-state index contributed by atoms with van der Waals surface area (Å²) in [4.78, 5) is 38.4. The highest BCUT2D eigenvalue weighted by Crippen LogP contribution is 2.26. The minimum absolute atomic E-state index is 0.131. The van der Waals surface area contributed by atoms with Crippen LogP contribution in [-0.2, 0) is 27.3 Å². The molecule has 12 heteroatoms. The number of carbonyl (C=O) groups excluding carboxylic acids is 2. The summed E-state index contributed by atoms with van der Waals surface area (Å²) < 4.78 is 46.0. The average Bonchev–Trinajstić information content (AvgIpc) is 3.35. The lowest BCUT2D eigenvalue weighted by Gasteiger charge is -2.24. The van der Waals surface area contributed by atoms with Gasteiger partial charge in [0.05, 0.1) is 0 Å². The summed E-state index contributed by atoms with van der Waals surface area (Å²) in [6.45, 7) is 4.01. The summed E-state index contributed by atoms with van der Waals surface area (Å²) in [6, 6.07) is 6.97. The second kappa shape index (κ2) is 13.0. The molecule has 0 saturated carbocycles. The molecule has 1 heterocycles. The van der Waals surface area contributed by atoms with Gasteiger partial charge in [0.1, 0.15) is 11.6 Å². The van der Waals surface area contributed by atoms with Gasteiger partial charge in [-0.05, 0) is 35.7 Å². The number of benzene rings is 2. The van der Waals surface area contributed by atoms with Crippen LogP contribution in [0.4, 0.5) is 13.2 Å². The zero-order valence-electron chi connectivity index (χ0n) is 21.0. The number of hydrogen-bond donors (Lipinski definition) is 3. The second-order valence-electron chi connectivity index (χ2n) is 9.32. The third-order valence-corrected chi connectivity index (χ3v) is 7.15. The number of amides is 2. The van der Waals surface area contributed by atoms with Crippen molar-refractivity contribution in [1.82, 2.24) is 10.2 Å². The van der Waals surface area contributed by atoms with Crippen molar-refractivity contribution in [3.8, 4) is 5.75 Å². The van der Waals surface area contributed by atoms with E-state index in [4.69, 9.17) is 10.5 Å². The molecular formula is C26H30F3N3O5S. The highest BCUT2D eigenvalue weighted by molar-refractivity contribution is 8.00. The summed E-state index contributed by atoms with van der Waals surface area (Å²) in [5.41, 5.74) is 6.60. The van der Waals surface area contributed by atoms with Gasteiger partial charge in [0.2, 0.25) is 5.91 Å². The molecule has 2 amide bonds. The number of hydrogen-bond acceptors (Lipinski definition) is 6. The fourth-order valence-electron chi connectivity index (χ4n) is 3.94. The molecule has 2 aromatic rings. The molecule has 3 rings (SSSR count). The first kappa shape index (κ1) is 29.3. The van der Waals surface area contributed by atoms with Gasteiger partial charge in [0, 0.05) is 43.3 Å². The average molecular weight is 554 g/mol. The van der Waals surface area contributed by atoms with Gasteiger partial charge >= 0.3 is 5.97 Å². The minimum Gasteiger partial charge on any atom is -0.478 e. The number of rotatable bonds is 11. The van der Waals surface area contributed by atoms with E-state index in [0.29, 0.717) is 24.1 Å². The molecule has 2 aromatic carbocycles. The van der Waals surface area contributed by atoms with Crippen molar-refractivity contribution in [2.45, 2.75) is 50.8 Å². The summed E-state index contributed by atoms with van der Waals surface area (Å²) >= 11 is 1.30. The molecule has 3 atom stereocenters. The van der Waals surface area contributed by atoms with E-state index in [9.17, 15) is 32.7 Å². The van der Waals surface area contributed by atoms with Gasteiger partial charge in [0.25, 0.3) is 5.91 Å². The Bertz CT molecular complexity index is 1170. The number of carboxylic acid groups (broad SMARTS) is 1. The predicted molar refractivity (Wildman–Crippen MR) is 136 cm³/mol. The molecule has 206 valence electrons. The van der Waals surface area contributed by atoms with E-state index in [1.807, 2.05) is 0 Å². The largest absolute Gasteiger partial charge is 0.478 e. The summed E-state index contributed by atoms with van der Waals surface area (Å²) in [5, 5.41) is 11.3. The molecule has 0 bridgehead atoms. The highest BCUT2D eigenvalue weighted by atomic mass is 32.2. The molecule has 0 radical (unpaired) electrons. The Hall–Kier alpha value is -3.25. The van der Waals surface area contributed by atoms with Gasteiger partial charge in [-0.25, -0.2) is 18.0 Å². The number of thioether (sulfide) groups is 1. The summed E-state index contributed by atoms with van der Waals surface area (Å²) in [6.07, 6.45) is -1.35. The van der Waals surface area contributed by atoms with E-state index in [1.54, 1.807) is 38.1 Å². The molecule has 1 saturated heterocycles. The molecule has 0 unspecified atom stereocenters. The third kappa shape index (κ3) is 7.64. The maximum Gasteiger partial charge on any atom is 0.345 e. The number of carbonyl (C=O) groups is 3. The Morgan fingerprint density at radius 2 is 1.79 bits per heavy atom. The molecule has 1 aliphatic heterocycles. The highest BCUT2D eigenvalue weighted by Gasteiger charge is 2.35. The lowest BCUT2D eigenvalue weighted by molar-refractivity contribution is -0.147. The fourth-order valence-corrected chi connectivity index (χ4v) is 5.10. The van der Waals surface area contributed by atoms with Gasteiger partial charge in [-0.3, -0.25) is 9.59 Å². The lowest BCUT2D eigenvalue weighted by Crippen LogP contribution is -2.46. The first-order chi connectivity index (χ1) is 18.0. The smallest absolute Gasteiger partial charge is 0.345 e. The van der Waals surface area contributed by atoms with Crippen LogP contribution in [0.3, 0.4) is 0 Å². The van der Waals surface area contributed by atoms with Crippen LogP contribution in [0.2, 0.25) is 0 Å². The molecule has 1 fully saturated rings. The van der Waals surface area contributed by atoms with E-state index >= 15 is 0 Å². The van der Waals surface area contributed by atoms with Crippen LogP contribution in [0.1, 0.15) is 31.4 Å². The van der Waals surface area contributed by atoms with Crippen molar-refractivity contribution in [3.05, 3.63) is 65.0 Å². The molecule has 8 nitrogen and oxygen atoms in total. The van der Waals surface area contributed by atoms with Crippen LogP contribution < -0.4 is 15.8 Å². The van der Waals surface area contributed by atoms with Gasteiger partial charge < -0.3 is 25.8 Å². The number of nitrogens with zero attached hydrogens (tertiary/aromatic N) is 1. The van der Waals surface area contributed by atoms with Crippen molar-refractivity contribution in [2.24, 2.45) is 11.7 Å². The van der Waals surface area contributed by atoms with Gasteiger partial charge in [0.15, 0.2) is 23.1 Å². The summed E-state index contributed by atoms with van der Waals surface area (Å²) in [7, 11) is 0. The van der Waals surface area contributed by atoms with Crippen LogP contribution in [0.25, 0.3) is 0 Å². The number of halogens is 3. The van der Waals surface area contributed by atoms with E-state index in [-0.39, 0.29) is 36.8 Å². The fraction of sp³-hybridized carbons (Fsp3) is 0.423. The summed E-state index contributed by atoms with van der Waals surface area (Å²) in [5.74, 6) is -4.55. The second-order valence-corrected chi connectivity index (χ2v) is 10.5. The Kier molecular flexibility index (Phi) is 10.0. The molecule has 1 aliphatic rings. The maximum atomic E-state index is 13.9. The van der Waals surface area contributed by atoms with Crippen LogP contribution >= 0.6 is 11.8 Å². The Morgan fingerprint density at radius 3 is 2.42 bits per heavy atom. The quantitative estimate of drug-likeness (QED) is 0.366. The lowest BCUT2D eigenvalue weighted by atomic mass is 10.0. The monoisotopic (exact) mass is 553 g/mol. The minimum atomic E-state index is -1.30. The van der Waals surface area contributed by atoms with Crippen molar-refractivity contribution in [3.63, 3.8) is 0 Å². The standard InChI is InChI=1S/C26H30F3N3O5S/c1-14(2)23(26(35)36)37-18-5-3-15(4-6-18)13-31-24(34)25-32(7-8-38-25)22(33)11-17(30)9-16-10-20(28)21(29)12-19(16)27/h3-6,10,12,14,17,23,25H,7-9,11,13,30H2,1-2H3,(H,31,34)(H,35,36)/t17-,23+,25-/m1/s1. The first-order valence-electron chi connectivity index (χ1n) is 12.0. The number of aliphatic carboxylic acids is 1. The molecule has 0 spiro atoms. The van der Waals surface area contributed by atoms with Crippen LogP contribution in [-0.4, -0.2) is 57.6 Å². The van der Waals surface area contributed by atoms with E-state index < -0.39 is 46.8 Å². The maximum absolute atomic E-state index is 13.9.